The van der Waals surface area contributed by atoms with Gasteiger partial charge >= 0.3 is 0 Å². The number of benzene rings is 3. The lowest BCUT2D eigenvalue weighted by atomic mass is 10.1. The van der Waals surface area contributed by atoms with E-state index in [9.17, 15) is 0 Å². The Hall–Kier alpha value is -7.49. The molecule has 20 nitrogen and oxygen atoms in total. The SMILES string of the molecule is CN(C)CCN(C)CCN(C)c1cccc(-c2nc3cncnc3[nH]2)c1.CN(C)CCN(CCN(C)C)c1cccc(-c2nc3cncnc3[nH]2)c1.CN(CCN1CCCCC1)c1cccc(-c2nc3cncnc3[nH]2)c1. The molecule has 0 bridgehead atoms. The summed E-state index contributed by atoms with van der Waals surface area (Å²) >= 11 is 0. The number of piperidine rings is 1. The molecule has 6 aromatic heterocycles. The summed E-state index contributed by atoms with van der Waals surface area (Å²) in [7, 11) is 19.1. The van der Waals surface area contributed by atoms with Gasteiger partial charge in [-0.25, -0.2) is 44.9 Å². The second-order valence-electron chi connectivity index (χ2n) is 20.6. The molecule has 7 heterocycles. The molecule has 1 saturated heterocycles. The minimum atomic E-state index is 0.760. The van der Waals surface area contributed by atoms with Crippen LogP contribution in [-0.2, 0) is 0 Å². The zero-order valence-electron chi connectivity index (χ0n) is 46.6. The van der Waals surface area contributed by atoms with Gasteiger partial charge in [0.15, 0.2) is 16.9 Å². The summed E-state index contributed by atoms with van der Waals surface area (Å²) in [6.45, 7) is 12.8. The van der Waals surface area contributed by atoms with E-state index in [1.165, 1.54) is 68.4 Å². The van der Waals surface area contributed by atoms with Gasteiger partial charge in [0, 0.05) is 113 Å². The maximum Gasteiger partial charge on any atom is 0.161 e. The molecule has 0 radical (unpaired) electrons. The van der Waals surface area contributed by atoms with E-state index in [2.05, 4.69) is 235 Å². The van der Waals surface area contributed by atoms with Gasteiger partial charge in [0.1, 0.15) is 53.0 Å². The minimum absolute atomic E-state index is 0.760. The summed E-state index contributed by atoms with van der Waals surface area (Å²) in [5.41, 5.74) is 11.4. The van der Waals surface area contributed by atoms with Crippen LogP contribution in [0.3, 0.4) is 0 Å². The fourth-order valence-electron chi connectivity index (χ4n) is 8.87. The first-order chi connectivity index (χ1) is 37.3. The average molecular weight is 1040 g/mol. The summed E-state index contributed by atoms with van der Waals surface area (Å²) in [5, 5.41) is 0. The Kier molecular flexibility index (Phi) is 19.9. The maximum absolute atomic E-state index is 4.62. The zero-order valence-corrected chi connectivity index (χ0v) is 46.6. The fraction of sp³-hybridized carbons (Fsp3) is 0.421. The monoisotopic (exact) mass is 1040 g/mol. The average Bonchev–Trinajstić information content (AvgIpc) is 4.22. The summed E-state index contributed by atoms with van der Waals surface area (Å²) in [6.07, 6.45) is 13.9. The number of H-pyrrole nitrogens is 3. The molecule has 9 aromatic rings. The van der Waals surface area contributed by atoms with Gasteiger partial charge in [-0.05, 0) is 112 Å². The Morgan fingerprint density at radius 1 is 0.429 bits per heavy atom. The number of fused-ring (bicyclic) bond motifs is 3. The number of nitrogens with zero attached hydrogens (tertiary/aromatic N) is 17. The third kappa shape index (κ3) is 16.3. The number of aromatic nitrogens is 12. The van der Waals surface area contributed by atoms with E-state index in [4.69, 9.17) is 0 Å². The lowest BCUT2D eigenvalue weighted by Crippen LogP contribution is -2.36. The first-order valence-electron chi connectivity index (χ1n) is 26.7. The van der Waals surface area contributed by atoms with Crippen molar-refractivity contribution in [1.82, 2.24) is 84.3 Å². The van der Waals surface area contributed by atoms with E-state index in [0.29, 0.717) is 0 Å². The number of nitrogens with one attached hydrogen (secondary N) is 3. The molecule has 0 amide bonds. The van der Waals surface area contributed by atoms with Crippen molar-refractivity contribution in [2.45, 2.75) is 19.3 Å². The van der Waals surface area contributed by atoms with Crippen LogP contribution < -0.4 is 14.7 Å². The molecule has 0 saturated carbocycles. The molecule has 0 spiro atoms. The standard InChI is InChI=1S/2C19H27N7.C19H24N6/c1-24(2)8-10-26(11-9-25(3)4)16-7-5-6-15(12-16)18-22-17-13-20-14-21-19(17)23-18;1-24(2)8-9-25(3)10-11-26(4)16-7-5-6-15(12-16)18-22-17-13-20-14-21-19(17)23-18;1-24(10-11-25-8-3-2-4-9-25)16-7-5-6-15(12-16)18-22-17-13-20-14-21-19(17)23-18/h2*5-7,12-14H,8-11H2,1-4H3,(H,20,21,22,23);5-7,12-14H,2-4,8-11H2,1H3,(H,20,21,22,23). The van der Waals surface area contributed by atoms with Gasteiger partial charge in [0.2, 0.25) is 0 Å². The molecule has 406 valence electrons. The number of likely N-dealkylation sites (tertiary alicyclic amines) is 1. The highest BCUT2D eigenvalue weighted by Crippen LogP contribution is 2.27. The molecule has 20 heteroatoms. The second kappa shape index (κ2) is 27.5. The van der Waals surface area contributed by atoms with Crippen molar-refractivity contribution in [3.8, 4) is 34.2 Å². The van der Waals surface area contributed by atoms with Crippen LogP contribution in [0.2, 0.25) is 0 Å². The molecule has 1 aliphatic rings. The number of hydrogen-bond acceptors (Lipinski definition) is 17. The van der Waals surface area contributed by atoms with E-state index >= 15 is 0 Å². The predicted octanol–water partition coefficient (Wildman–Crippen LogP) is 6.84. The Morgan fingerprint density at radius 2 is 0.818 bits per heavy atom. The van der Waals surface area contributed by atoms with Crippen molar-refractivity contribution in [3.63, 3.8) is 0 Å². The lowest BCUT2D eigenvalue weighted by molar-refractivity contribution is 0.234. The van der Waals surface area contributed by atoms with Crippen molar-refractivity contribution in [2.75, 3.05) is 157 Å². The van der Waals surface area contributed by atoms with Crippen LogP contribution in [-0.4, -0.2) is 226 Å². The van der Waals surface area contributed by atoms with Crippen molar-refractivity contribution in [2.24, 2.45) is 0 Å². The molecule has 0 unspecified atom stereocenters. The van der Waals surface area contributed by atoms with Gasteiger partial charge in [0.25, 0.3) is 0 Å². The van der Waals surface area contributed by atoms with Crippen LogP contribution in [0.15, 0.2) is 110 Å². The van der Waals surface area contributed by atoms with E-state index in [-0.39, 0.29) is 0 Å². The number of hydrogen-bond donors (Lipinski definition) is 3. The molecule has 0 atom stereocenters. The molecular formula is C57H78N20. The zero-order chi connectivity index (χ0) is 54.1. The van der Waals surface area contributed by atoms with Crippen LogP contribution >= 0.6 is 0 Å². The highest BCUT2D eigenvalue weighted by molar-refractivity contribution is 5.78. The molecule has 10 rings (SSSR count). The topological polar surface area (TPSA) is 189 Å². The van der Waals surface area contributed by atoms with Crippen molar-refractivity contribution >= 4 is 50.6 Å². The van der Waals surface area contributed by atoms with E-state index in [0.717, 1.165) is 133 Å². The normalized spacial score (nSPS) is 12.9. The quantitative estimate of drug-likeness (QED) is 0.0678. The van der Waals surface area contributed by atoms with E-state index in [1.807, 2.05) is 0 Å². The fourth-order valence-corrected chi connectivity index (χ4v) is 8.87. The Bertz CT molecular complexity index is 3080. The predicted molar refractivity (Wildman–Crippen MR) is 314 cm³/mol. The Labute approximate surface area is 453 Å². The number of anilines is 3. The number of likely N-dealkylation sites (N-methyl/N-ethyl adjacent to an activating group) is 6. The molecule has 0 aliphatic carbocycles. The third-order valence-electron chi connectivity index (χ3n) is 13.7. The summed E-state index contributed by atoms with van der Waals surface area (Å²) in [4.78, 5) is 67.0. The summed E-state index contributed by atoms with van der Waals surface area (Å²) in [5.74, 6) is 2.48. The number of aromatic amines is 3. The first-order valence-corrected chi connectivity index (χ1v) is 26.7. The van der Waals surface area contributed by atoms with Crippen molar-refractivity contribution < 1.29 is 0 Å². The van der Waals surface area contributed by atoms with Crippen LogP contribution in [0.4, 0.5) is 17.1 Å². The highest BCUT2D eigenvalue weighted by Gasteiger charge is 2.15. The molecule has 1 fully saturated rings. The smallest absolute Gasteiger partial charge is 0.161 e. The third-order valence-corrected chi connectivity index (χ3v) is 13.7. The largest absolute Gasteiger partial charge is 0.373 e. The Balaban J connectivity index is 0.000000153. The van der Waals surface area contributed by atoms with Crippen LogP contribution in [0.1, 0.15) is 19.3 Å². The van der Waals surface area contributed by atoms with Gasteiger partial charge in [-0.15, -0.1) is 0 Å². The lowest BCUT2D eigenvalue weighted by Gasteiger charge is -2.29. The molecule has 3 N–H and O–H groups in total. The van der Waals surface area contributed by atoms with Gasteiger partial charge in [-0.1, -0.05) is 42.8 Å². The van der Waals surface area contributed by atoms with Gasteiger partial charge in [-0.2, -0.15) is 0 Å². The molecular weight excluding hydrogens is 965 g/mol. The van der Waals surface area contributed by atoms with Crippen molar-refractivity contribution in [3.05, 3.63) is 110 Å². The summed E-state index contributed by atoms with van der Waals surface area (Å²) in [6, 6.07) is 25.4. The van der Waals surface area contributed by atoms with Crippen molar-refractivity contribution in [1.29, 1.82) is 0 Å². The molecule has 3 aromatic carbocycles. The maximum atomic E-state index is 4.62. The highest BCUT2D eigenvalue weighted by atomic mass is 15.2. The van der Waals surface area contributed by atoms with Crippen LogP contribution in [0.25, 0.3) is 67.7 Å². The van der Waals surface area contributed by atoms with Gasteiger partial charge in [-0.3, -0.25) is 0 Å². The van der Waals surface area contributed by atoms with Crippen LogP contribution in [0, 0.1) is 0 Å². The molecule has 1 aliphatic heterocycles. The minimum Gasteiger partial charge on any atom is -0.373 e. The van der Waals surface area contributed by atoms with E-state index in [1.54, 1.807) is 18.6 Å². The van der Waals surface area contributed by atoms with E-state index < -0.39 is 0 Å². The number of imidazole rings is 3. The molecule has 77 heavy (non-hydrogen) atoms. The number of rotatable bonds is 21. The Morgan fingerprint density at radius 3 is 1.25 bits per heavy atom. The van der Waals surface area contributed by atoms with Gasteiger partial charge in [0.05, 0.1) is 18.6 Å². The first kappa shape index (κ1) is 55.7. The summed E-state index contributed by atoms with van der Waals surface area (Å²) < 4.78 is 0. The van der Waals surface area contributed by atoms with Crippen LogP contribution in [0.5, 0.6) is 0 Å². The van der Waals surface area contributed by atoms with Gasteiger partial charge < -0.3 is 54.2 Å². The second-order valence-corrected chi connectivity index (χ2v) is 20.6.